The van der Waals surface area contributed by atoms with Crippen molar-refractivity contribution >= 4 is 15.9 Å². The second kappa shape index (κ2) is 7.57. The van der Waals surface area contributed by atoms with E-state index in [1.807, 2.05) is 36.4 Å². The van der Waals surface area contributed by atoms with Crippen molar-refractivity contribution in [3.05, 3.63) is 71.0 Å². The average molecular weight is 390 g/mol. The minimum Gasteiger partial charge on any atom is -0.484 e. The van der Waals surface area contributed by atoms with Crippen molar-refractivity contribution < 1.29 is 9.13 Å². The summed E-state index contributed by atoms with van der Waals surface area (Å²) in [5.74, 6) is 0.384. The Bertz CT molecular complexity index is 787. The molecular weight excluding hydrogens is 373 g/mol. The van der Waals surface area contributed by atoms with Crippen LogP contribution in [0.4, 0.5) is 4.39 Å². The van der Waals surface area contributed by atoms with Crippen LogP contribution in [-0.4, -0.2) is 14.8 Å². The second-order valence-electron chi connectivity index (χ2n) is 5.39. The summed E-state index contributed by atoms with van der Waals surface area (Å²) < 4.78 is 21.6. The van der Waals surface area contributed by atoms with E-state index in [-0.39, 0.29) is 11.9 Å². The Balaban J connectivity index is 1.76. The molecule has 0 aliphatic heterocycles. The highest BCUT2D eigenvalue weighted by Crippen LogP contribution is 2.26. The fraction of sp³-hybridized carbons (Fsp3) is 0.222. The van der Waals surface area contributed by atoms with E-state index < -0.39 is 0 Å². The molecule has 3 rings (SSSR count). The predicted octanol–water partition coefficient (Wildman–Crippen LogP) is 5.09. The van der Waals surface area contributed by atoms with Gasteiger partial charge in [0.2, 0.25) is 0 Å². The van der Waals surface area contributed by atoms with Gasteiger partial charge in [0.15, 0.2) is 5.82 Å². The van der Waals surface area contributed by atoms with Gasteiger partial charge in [0.05, 0.1) is 23.8 Å². The number of hydrogen-bond donors (Lipinski definition) is 0. The lowest BCUT2D eigenvalue weighted by Gasteiger charge is -2.18. The molecule has 0 radical (unpaired) electrons. The fourth-order valence-corrected chi connectivity index (χ4v) is 2.63. The van der Waals surface area contributed by atoms with Gasteiger partial charge in [-0.15, -0.1) is 0 Å². The first-order valence-corrected chi connectivity index (χ1v) is 8.53. The number of aromatic nitrogens is 3. The maximum absolute atomic E-state index is 13.0. The van der Waals surface area contributed by atoms with Crippen molar-refractivity contribution in [1.29, 1.82) is 0 Å². The molecule has 2 heterocycles. The second-order valence-corrected chi connectivity index (χ2v) is 6.31. The highest BCUT2D eigenvalue weighted by molar-refractivity contribution is 9.10. The zero-order valence-corrected chi connectivity index (χ0v) is 14.8. The Morgan fingerprint density at radius 1 is 1.17 bits per heavy atom. The Morgan fingerprint density at radius 3 is 2.54 bits per heavy atom. The fourth-order valence-electron chi connectivity index (χ4n) is 2.39. The summed E-state index contributed by atoms with van der Waals surface area (Å²) in [7, 11) is 0. The maximum atomic E-state index is 13.0. The minimum absolute atomic E-state index is 0.101. The van der Waals surface area contributed by atoms with Gasteiger partial charge in [-0.05, 0) is 58.7 Å². The van der Waals surface area contributed by atoms with E-state index in [0.717, 1.165) is 34.4 Å². The monoisotopic (exact) mass is 389 g/mol. The summed E-state index contributed by atoms with van der Waals surface area (Å²) in [6.07, 6.45) is 6.06. The molecule has 0 amide bonds. The van der Waals surface area contributed by atoms with Crippen molar-refractivity contribution in [3.8, 4) is 11.4 Å². The molecule has 0 fully saturated rings. The highest BCUT2D eigenvalue weighted by atomic mass is 79.9. The van der Waals surface area contributed by atoms with Crippen molar-refractivity contribution in [3.63, 3.8) is 0 Å². The standard InChI is InChI=1S/C18H17BrFN3O/c1-2-3-18(17-9-4-13(19)10-21-17)24-16-7-5-15(6-8-16)23-12-14(20)11-22-23/h4-12,18H,2-3H2,1H3. The topological polar surface area (TPSA) is 39.9 Å². The summed E-state index contributed by atoms with van der Waals surface area (Å²) in [5, 5.41) is 3.95. The number of ether oxygens (including phenoxy) is 1. The van der Waals surface area contributed by atoms with Crippen LogP contribution in [0.15, 0.2) is 59.5 Å². The number of rotatable bonds is 6. The zero-order chi connectivity index (χ0) is 16.9. The molecule has 124 valence electrons. The number of benzene rings is 1. The molecule has 1 aromatic carbocycles. The number of hydrogen-bond acceptors (Lipinski definition) is 3. The molecule has 24 heavy (non-hydrogen) atoms. The normalized spacial score (nSPS) is 12.1. The van der Waals surface area contributed by atoms with Gasteiger partial charge in [0.25, 0.3) is 0 Å². The van der Waals surface area contributed by atoms with Gasteiger partial charge in [-0.25, -0.2) is 9.07 Å². The van der Waals surface area contributed by atoms with E-state index in [9.17, 15) is 4.39 Å². The van der Waals surface area contributed by atoms with E-state index in [1.54, 1.807) is 6.20 Å². The van der Waals surface area contributed by atoms with Gasteiger partial charge in [-0.3, -0.25) is 4.98 Å². The maximum Gasteiger partial charge on any atom is 0.161 e. The Morgan fingerprint density at radius 2 is 1.96 bits per heavy atom. The van der Waals surface area contributed by atoms with E-state index in [0.29, 0.717) is 0 Å². The van der Waals surface area contributed by atoms with Gasteiger partial charge >= 0.3 is 0 Å². The van der Waals surface area contributed by atoms with Gasteiger partial charge in [0.1, 0.15) is 11.9 Å². The molecule has 1 atom stereocenters. The van der Waals surface area contributed by atoms with Gasteiger partial charge < -0.3 is 4.74 Å². The van der Waals surface area contributed by atoms with E-state index in [2.05, 4.69) is 32.9 Å². The zero-order valence-electron chi connectivity index (χ0n) is 13.2. The van der Waals surface area contributed by atoms with Crippen LogP contribution in [0.5, 0.6) is 5.75 Å². The predicted molar refractivity (Wildman–Crippen MR) is 93.7 cm³/mol. The van der Waals surface area contributed by atoms with Gasteiger partial charge in [-0.1, -0.05) is 13.3 Å². The summed E-state index contributed by atoms with van der Waals surface area (Å²) in [6.45, 7) is 2.12. The van der Waals surface area contributed by atoms with Crippen molar-refractivity contribution in [2.24, 2.45) is 0 Å². The molecule has 4 nitrogen and oxygen atoms in total. The number of halogens is 2. The molecule has 0 saturated carbocycles. The van der Waals surface area contributed by atoms with Crippen LogP contribution in [0, 0.1) is 5.82 Å². The molecule has 0 N–H and O–H groups in total. The van der Waals surface area contributed by atoms with Crippen LogP contribution in [0.3, 0.4) is 0 Å². The largest absolute Gasteiger partial charge is 0.484 e. The van der Waals surface area contributed by atoms with Crippen molar-refractivity contribution in [2.75, 3.05) is 0 Å². The molecule has 0 saturated heterocycles. The Hall–Kier alpha value is -2.21. The lowest BCUT2D eigenvalue weighted by atomic mass is 10.1. The first-order chi connectivity index (χ1) is 11.7. The Kier molecular flexibility index (Phi) is 5.25. The first-order valence-electron chi connectivity index (χ1n) is 7.74. The first kappa shape index (κ1) is 16.6. The highest BCUT2D eigenvalue weighted by Gasteiger charge is 2.14. The number of pyridine rings is 1. The number of nitrogens with zero attached hydrogens (tertiary/aromatic N) is 3. The van der Waals surface area contributed by atoms with Crippen molar-refractivity contribution in [2.45, 2.75) is 25.9 Å². The summed E-state index contributed by atoms with van der Waals surface area (Å²) in [6, 6.07) is 11.3. The molecule has 2 aromatic heterocycles. The molecular formula is C18H17BrFN3O. The third kappa shape index (κ3) is 4.00. The summed E-state index contributed by atoms with van der Waals surface area (Å²) >= 11 is 3.39. The molecule has 0 aliphatic carbocycles. The van der Waals surface area contributed by atoms with E-state index in [4.69, 9.17) is 4.74 Å². The van der Waals surface area contributed by atoms with Crippen LogP contribution in [0.2, 0.25) is 0 Å². The van der Waals surface area contributed by atoms with Crippen LogP contribution in [0.1, 0.15) is 31.6 Å². The summed E-state index contributed by atoms with van der Waals surface area (Å²) in [4.78, 5) is 4.43. The molecule has 0 aliphatic rings. The Labute approximate surface area is 148 Å². The lowest BCUT2D eigenvalue weighted by molar-refractivity contribution is 0.189. The molecule has 1 unspecified atom stereocenters. The molecule has 0 bridgehead atoms. The molecule has 0 spiro atoms. The van der Waals surface area contributed by atoms with Crippen LogP contribution >= 0.6 is 15.9 Å². The van der Waals surface area contributed by atoms with E-state index >= 15 is 0 Å². The van der Waals surface area contributed by atoms with Crippen LogP contribution in [0.25, 0.3) is 5.69 Å². The average Bonchev–Trinajstić information content (AvgIpc) is 3.02. The minimum atomic E-state index is -0.361. The lowest BCUT2D eigenvalue weighted by Crippen LogP contribution is -2.09. The van der Waals surface area contributed by atoms with Crippen molar-refractivity contribution in [1.82, 2.24) is 14.8 Å². The third-order valence-electron chi connectivity index (χ3n) is 3.56. The third-order valence-corrected chi connectivity index (χ3v) is 4.03. The van der Waals surface area contributed by atoms with Gasteiger partial charge in [0, 0.05) is 10.7 Å². The molecule has 3 aromatic rings. The summed E-state index contributed by atoms with van der Waals surface area (Å²) in [5.41, 5.74) is 1.68. The van der Waals surface area contributed by atoms with Gasteiger partial charge in [-0.2, -0.15) is 5.10 Å². The smallest absolute Gasteiger partial charge is 0.161 e. The van der Waals surface area contributed by atoms with E-state index in [1.165, 1.54) is 17.1 Å². The van der Waals surface area contributed by atoms with Crippen LogP contribution in [-0.2, 0) is 0 Å². The molecule has 6 heteroatoms. The quantitative estimate of drug-likeness (QED) is 0.589. The van der Waals surface area contributed by atoms with Crippen LogP contribution < -0.4 is 4.74 Å². The SMILES string of the molecule is CCCC(Oc1ccc(-n2cc(F)cn2)cc1)c1ccc(Br)cn1.